The molecule has 2 N–H and O–H groups in total. The number of hydrogen-bond donors (Lipinski definition) is 1. The average molecular weight is 516 g/mol. The minimum absolute atomic E-state index is 0.0332. The van der Waals surface area contributed by atoms with Gasteiger partial charge in [0.05, 0.1) is 6.10 Å². The Hall–Kier alpha value is -1.85. The number of ether oxygens (including phenoxy) is 2. The minimum atomic E-state index is -4.33. The predicted molar refractivity (Wildman–Crippen MR) is 124 cm³/mol. The molecule has 3 fully saturated rings. The summed E-state index contributed by atoms with van der Waals surface area (Å²) in [7, 11) is -4.33. The molecule has 8 atom stereocenters. The SMILES string of the molecule is CC[C@]1(C)C[C@@H](OC(=O)COC(C)=O)C2(C)C(C)C(OS(N)(=O)=O)C[C@]3(CCC(=O)C23)[C@@H](C)C1=O. The van der Waals surface area contributed by atoms with E-state index in [9.17, 15) is 27.6 Å². The van der Waals surface area contributed by atoms with Crippen LogP contribution in [0.15, 0.2) is 0 Å². The smallest absolute Gasteiger partial charge is 0.344 e. The number of rotatable bonds is 6. The highest BCUT2D eigenvalue weighted by Gasteiger charge is 2.71. The van der Waals surface area contributed by atoms with Gasteiger partial charge in [0, 0.05) is 36.0 Å². The summed E-state index contributed by atoms with van der Waals surface area (Å²) in [6.45, 7) is 9.71. The summed E-state index contributed by atoms with van der Waals surface area (Å²) in [6, 6.07) is 0. The Kier molecular flexibility index (Phi) is 7.31. The summed E-state index contributed by atoms with van der Waals surface area (Å²) in [5.41, 5.74) is -2.76. The molecule has 4 unspecified atom stereocenters. The van der Waals surface area contributed by atoms with Gasteiger partial charge in [0.1, 0.15) is 17.7 Å². The van der Waals surface area contributed by atoms with Crippen LogP contribution in [-0.4, -0.2) is 50.7 Å². The first-order valence-electron chi connectivity index (χ1n) is 12.1. The second-order valence-corrected chi connectivity index (χ2v) is 12.3. The molecular formula is C24H37NO9S. The van der Waals surface area contributed by atoms with Crippen molar-refractivity contribution in [1.29, 1.82) is 0 Å². The molecule has 35 heavy (non-hydrogen) atoms. The maximum Gasteiger partial charge on any atom is 0.344 e. The topological polar surface area (TPSA) is 156 Å². The molecule has 0 saturated heterocycles. The van der Waals surface area contributed by atoms with Crippen LogP contribution < -0.4 is 5.14 Å². The van der Waals surface area contributed by atoms with E-state index in [1.165, 1.54) is 6.92 Å². The van der Waals surface area contributed by atoms with Gasteiger partial charge >= 0.3 is 22.2 Å². The number of carbonyl (C=O) groups is 4. The number of esters is 2. The lowest BCUT2D eigenvalue weighted by Gasteiger charge is -2.61. The fraction of sp³-hybridized carbons (Fsp3) is 0.833. The Morgan fingerprint density at radius 3 is 2.31 bits per heavy atom. The van der Waals surface area contributed by atoms with Gasteiger partial charge in [0.15, 0.2) is 6.61 Å². The van der Waals surface area contributed by atoms with Gasteiger partial charge in [-0.25, -0.2) is 9.93 Å². The van der Waals surface area contributed by atoms with Gasteiger partial charge in [0.2, 0.25) is 0 Å². The first kappa shape index (κ1) is 27.7. The molecule has 0 aromatic carbocycles. The monoisotopic (exact) mass is 515 g/mol. The highest BCUT2D eigenvalue weighted by Crippen LogP contribution is 2.67. The first-order valence-corrected chi connectivity index (χ1v) is 13.6. The zero-order valence-electron chi connectivity index (χ0n) is 21.3. The van der Waals surface area contributed by atoms with Crippen molar-refractivity contribution in [1.82, 2.24) is 0 Å². The van der Waals surface area contributed by atoms with Crippen LogP contribution in [0.2, 0.25) is 0 Å². The van der Waals surface area contributed by atoms with Crippen LogP contribution in [0.25, 0.3) is 0 Å². The number of Topliss-reactive ketones (excluding diaryl/α,β-unsaturated/α-hetero) is 2. The highest BCUT2D eigenvalue weighted by atomic mass is 32.2. The summed E-state index contributed by atoms with van der Waals surface area (Å²) < 4.78 is 40.0. The number of nitrogens with two attached hydrogens (primary N) is 1. The van der Waals surface area contributed by atoms with Crippen molar-refractivity contribution in [3.8, 4) is 0 Å². The molecule has 0 aromatic heterocycles. The molecule has 3 aliphatic carbocycles. The maximum absolute atomic E-state index is 13.9. The Morgan fingerprint density at radius 1 is 1.14 bits per heavy atom. The average Bonchev–Trinajstić information content (AvgIpc) is 3.10. The zero-order valence-corrected chi connectivity index (χ0v) is 22.1. The van der Waals surface area contributed by atoms with Crippen molar-refractivity contribution in [3.05, 3.63) is 0 Å². The van der Waals surface area contributed by atoms with Crippen LogP contribution in [0.5, 0.6) is 0 Å². The molecule has 3 saturated carbocycles. The molecule has 198 valence electrons. The van der Waals surface area contributed by atoms with E-state index in [0.29, 0.717) is 12.8 Å². The van der Waals surface area contributed by atoms with E-state index in [2.05, 4.69) is 0 Å². The maximum atomic E-state index is 13.9. The van der Waals surface area contributed by atoms with Crippen LogP contribution >= 0.6 is 0 Å². The van der Waals surface area contributed by atoms with Gasteiger partial charge in [-0.2, -0.15) is 8.42 Å². The largest absolute Gasteiger partial charge is 0.459 e. The van der Waals surface area contributed by atoms with Crippen LogP contribution in [0.1, 0.15) is 73.6 Å². The van der Waals surface area contributed by atoms with Gasteiger partial charge in [-0.1, -0.05) is 34.6 Å². The summed E-state index contributed by atoms with van der Waals surface area (Å²) in [5.74, 6) is -3.28. The quantitative estimate of drug-likeness (QED) is 0.523. The minimum Gasteiger partial charge on any atom is -0.459 e. The van der Waals surface area contributed by atoms with Crippen molar-refractivity contribution < 1.29 is 41.3 Å². The third-order valence-corrected chi connectivity index (χ3v) is 9.88. The summed E-state index contributed by atoms with van der Waals surface area (Å²) in [5, 5.41) is 5.25. The Balaban J connectivity index is 2.21. The molecule has 10 nitrogen and oxygen atoms in total. The van der Waals surface area contributed by atoms with Gasteiger partial charge in [-0.3, -0.25) is 18.6 Å². The van der Waals surface area contributed by atoms with E-state index < -0.39 is 75.1 Å². The van der Waals surface area contributed by atoms with E-state index in [1.807, 2.05) is 27.7 Å². The summed E-state index contributed by atoms with van der Waals surface area (Å²) >= 11 is 0. The van der Waals surface area contributed by atoms with E-state index in [-0.39, 0.29) is 30.8 Å². The Morgan fingerprint density at radius 2 is 1.77 bits per heavy atom. The van der Waals surface area contributed by atoms with E-state index in [0.717, 1.165) is 0 Å². The fourth-order valence-electron chi connectivity index (χ4n) is 7.13. The molecule has 0 heterocycles. The van der Waals surface area contributed by atoms with Crippen molar-refractivity contribution in [2.45, 2.75) is 85.9 Å². The zero-order chi connectivity index (χ0) is 26.6. The molecule has 11 heteroatoms. The third kappa shape index (κ3) is 4.67. The van der Waals surface area contributed by atoms with Gasteiger partial charge in [-0.05, 0) is 37.0 Å². The Labute approximate surface area is 206 Å². The van der Waals surface area contributed by atoms with Crippen LogP contribution in [-0.2, 0) is 43.1 Å². The number of hydrogen-bond acceptors (Lipinski definition) is 9. The second kappa shape index (κ2) is 9.23. The molecule has 0 aromatic rings. The molecule has 3 aliphatic rings. The van der Waals surface area contributed by atoms with Crippen molar-refractivity contribution in [2.24, 2.45) is 39.1 Å². The molecular weight excluding hydrogens is 478 g/mol. The standard InChI is InChI=1S/C24H37NO9S/c1-7-22(5)11-18(33-19(28)12-32-15(4)26)23(6)13(2)17(34-35(25,30)31)10-24(14(3)21(22)29)9-8-16(27)20(23)24/h13-14,17-18,20H,7-12H2,1-6H3,(H2,25,30,31)/t13?,14-,17?,18+,20?,22+,23?,24+/m0/s1. The fourth-order valence-corrected chi connectivity index (χ4v) is 7.71. The summed E-state index contributed by atoms with van der Waals surface area (Å²) in [6.07, 6.45) is -0.384. The molecule has 3 rings (SSSR count). The molecule has 0 amide bonds. The van der Waals surface area contributed by atoms with E-state index in [4.69, 9.17) is 18.8 Å². The van der Waals surface area contributed by atoms with Crippen molar-refractivity contribution >= 4 is 33.8 Å². The predicted octanol–water partition coefficient (Wildman–Crippen LogP) is 2.09. The van der Waals surface area contributed by atoms with Gasteiger partial charge in [0.25, 0.3) is 0 Å². The molecule has 0 spiro atoms. The third-order valence-electron chi connectivity index (χ3n) is 9.36. The normalized spacial score (nSPS) is 41.5. The lowest BCUT2D eigenvalue weighted by Crippen LogP contribution is -2.66. The lowest BCUT2D eigenvalue weighted by atomic mass is 9.43. The lowest BCUT2D eigenvalue weighted by molar-refractivity contribution is -0.210. The summed E-state index contributed by atoms with van der Waals surface area (Å²) in [4.78, 5) is 51.3. The highest BCUT2D eigenvalue weighted by molar-refractivity contribution is 7.84. The number of ketones is 2. The van der Waals surface area contributed by atoms with Crippen LogP contribution in [0, 0.1) is 34.0 Å². The van der Waals surface area contributed by atoms with E-state index in [1.54, 1.807) is 6.92 Å². The van der Waals surface area contributed by atoms with Crippen molar-refractivity contribution in [2.75, 3.05) is 6.61 Å². The van der Waals surface area contributed by atoms with Crippen LogP contribution in [0.3, 0.4) is 0 Å². The van der Waals surface area contributed by atoms with Crippen LogP contribution in [0.4, 0.5) is 0 Å². The Bertz CT molecular complexity index is 1030. The van der Waals surface area contributed by atoms with Crippen molar-refractivity contribution in [3.63, 3.8) is 0 Å². The molecule has 0 aliphatic heterocycles. The second-order valence-electron chi connectivity index (χ2n) is 11.1. The van der Waals surface area contributed by atoms with Gasteiger partial charge in [-0.15, -0.1) is 0 Å². The molecule has 0 radical (unpaired) electrons. The first-order chi connectivity index (χ1) is 16.0. The molecule has 2 bridgehead atoms. The van der Waals surface area contributed by atoms with Gasteiger partial charge < -0.3 is 9.47 Å². The van der Waals surface area contributed by atoms with E-state index >= 15 is 0 Å². The number of carbonyl (C=O) groups excluding carboxylic acids is 4.